The molecule has 0 saturated heterocycles. The molecule has 0 spiro atoms. The van der Waals surface area contributed by atoms with E-state index in [1.165, 1.54) is 0 Å². The van der Waals surface area contributed by atoms with Crippen LogP contribution in [0.2, 0.25) is 0 Å². The van der Waals surface area contributed by atoms with Gasteiger partial charge in [0.25, 0.3) is 0 Å². The van der Waals surface area contributed by atoms with Crippen LogP contribution in [0, 0.1) is 11.8 Å². The quantitative estimate of drug-likeness (QED) is 0.611. The van der Waals surface area contributed by atoms with Crippen molar-refractivity contribution >= 4 is 10.2 Å². The summed E-state index contributed by atoms with van der Waals surface area (Å²) in [5, 5.41) is 0.161. The van der Waals surface area contributed by atoms with Crippen LogP contribution >= 0.6 is 0 Å². The average molecular weight is 188 g/mol. The summed E-state index contributed by atoms with van der Waals surface area (Å²) in [5.74, 6) is 1.26. The molecule has 0 aromatic carbocycles. The molecule has 1 nitrogen and oxygen atoms in total. The van der Waals surface area contributed by atoms with Gasteiger partial charge in [0, 0.05) is 10.2 Å². The third-order valence-corrected chi connectivity index (χ3v) is 5.33. The van der Waals surface area contributed by atoms with Crippen molar-refractivity contribution in [2.75, 3.05) is 0 Å². The Morgan fingerprint density at radius 1 is 0.917 bits per heavy atom. The second-order valence-corrected chi connectivity index (χ2v) is 6.22. The lowest BCUT2D eigenvalue weighted by atomic mass is 9.94. The van der Waals surface area contributed by atoms with Crippen molar-refractivity contribution in [2.45, 2.75) is 52.9 Å². The number of hydrogen-bond acceptors (Lipinski definition) is 1. The topological polar surface area (TPSA) is 9.23 Å². The Labute approximate surface area is 80.3 Å². The fraction of sp³-hybridized carbons (Fsp3) is 1.00. The highest BCUT2D eigenvalue weighted by molar-refractivity contribution is 6.14. The Morgan fingerprint density at radius 3 is 1.33 bits per heavy atom. The van der Waals surface area contributed by atoms with E-state index in [0.717, 1.165) is 10.2 Å². The lowest BCUT2D eigenvalue weighted by Crippen LogP contribution is -2.45. The van der Waals surface area contributed by atoms with Crippen LogP contribution in [0.5, 0.6) is 0 Å². The van der Waals surface area contributed by atoms with Crippen molar-refractivity contribution in [3.8, 4) is 0 Å². The third-order valence-electron chi connectivity index (χ3n) is 2.78. The van der Waals surface area contributed by atoms with Gasteiger partial charge in [-0.05, 0) is 25.7 Å². The van der Waals surface area contributed by atoms with E-state index in [1.54, 1.807) is 0 Å². The van der Waals surface area contributed by atoms with Crippen molar-refractivity contribution < 1.29 is 4.74 Å². The molecule has 74 valence electrons. The molecule has 0 radical (unpaired) electrons. The molecule has 0 saturated carbocycles. The first-order valence-corrected chi connectivity index (χ1v) is 5.98. The molecular weight excluding hydrogens is 164 g/mol. The predicted molar refractivity (Wildman–Crippen MR) is 58.6 cm³/mol. The Bertz CT molecular complexity index is 122. The molecule has 0 heterocycles. The minimum atomic E-state index is 0.161. The fourth-order valence-electron chi connectivity index (χ4n) is 1.45. The summed E-state index contributed by atoms with van der Waals surface area (Å²) in [6.07, 6.45) is 0.354. The van der Waals surface area contributed by atoms with Crippen molar-refractivity contribution in [2.24, 2.45) is 11.8 Å². The van der Waals surface area contributed by atoms with Gasteiger partial charge in [-0.3, -0.25) is 0 Å². The zero-order valence-electron chi connectivity index (χ0n) is 9.64. The Hall–Kier alpha value is 0.177. The maximum absolute atomic E-state index is 6.02. The molecule has 0 aliphatic heterocycles. The molecule has 0 amide bonds. The lowest BCUT2D eigenvalue weighted by Gasteiger charge is -2.39. The largest absolute Gasteiger partial charge is 0.376 e. The van der Waals surface area contributed by atoms with Crippen LogP contribution in [0.15, 0.2) is 0 Å². The van der Waals surface area contributed by atoms with E-state index in [2.05, 4.69) is 41.5 Å². The molecule has 0 aromatic heterocycles. The maximum Gasteiger partial charge on any atom is 0.0533 e. The lowest BCUT2D eigenvalue weighted by molar-refractivity contribution is -0.0777. The van der Waals surface area contributed by atoms with E-state index in [4.69, 9.17) is 4.74 Å². The second-order valence-electron chi connectivity index (χ2n) is 4.66. The molecular formula is C10H24OSi. The Balaban J connectivity index is 4.40. The van der Waals surface area contributed by atoms with E-state index in [0.29, 0.717) is 17.9 Å². The van der Waals surface area contributed by atoms with Gasteiger partial charge >= 0.3 is 0 Å². The van der Waals surface area contributed by atoms with Crippen LogP contribution in [0.3, 0.4) is 0 Å². The van der Waals surface area contributed by atoms with Gasteiger partial charge in [-0.25, -0.2) is 0 Å². The summed E-state index contributed by atoms with van der Waals surface area (Å²) < 4.78 is 6.02. The molecule has 0 bridgehead atoms. The SMILES string of the molecule is CC(C)OC([SiH3])(C(C)C)C(C)C. The highest BCUT2D eigenvalue weighted by atomic mass is 28.1. The zero-order chi connectivity index (χ0) is 9.94. The van der Waals surface area contributed by atoms with Crippen molar-refractivity contribution in [1.82, 2.24) is 0 Å². The first kappa shape index (κ1) is 12.2. The van der Waals surface area contributed by atoms with Crippen molar-refractivity contribution in [1.29, 1.82) is 0 Å². The van der Waals surface area contributed by atoms with Crippen molar-refractivity contribution in [3.05, 3.63) is 0 Å². The Kier molecular flexibility index (Phi) is 4.49. The normalized spacial score (nSPS) is 13.8. The van der Waals surface area contributed by atoms with Gasteiger partial charge in [-0.15, -0.1) is 0 Å². The van der Waals surface area contributed by atoms with E-state index in [9.17, 15) is 0 Å². The van der Waals surface area contributed by atoms with Gasteiger partial charge in [0.05, 0.1) is 11.3 Å². The van der Waals surface area contributed by atoms with Crippen LogP contribution in [0.25, 0.3) is 0 Å². The first-order valence-electron chi connectivity index (χ1n) is 4.98. The predicted octanol–water partition coefficient (Wildman–Crippen LogP) is 1.79. The summed E-state index contributed by atoms with van der Waals surface area (Å²) >= 11 is 0. The van der Waals surface area contributed by atoms with Crippen molar-refractivity contribution in [3.63, 3.8) is 0 Å². The fourth-order valence-corrected chi connectivity index (χ4v) is 1.92. The van der Waals surface area contributed by atoms with Gasteiger partial charge < -0.3 is 4.74 Å². The molecule has 2 heteroatoms. The van der Waals surface area contributed by atoms with Crippen LogP contribution in [0.4, 0.5) is 0 Å². The molecule has 12 heavy (non-hydrogen) atoms. The molecule has 0 atom stereocenters. The molecule has 0 rings (SSSR count). The highest BCUT2D eigenvalue weighted by Crippen LogP contribution is 2.28. The zero-order valence-corrected chi connectivity index (χ0v) is 11.6. The summed E-state index contributed by atoms with van der Waals surface area (Å²) in [5.41, 5.74) is 0. The molecule has 0 aliphatic carbocycles. The monoisotopic (exact) mass is 188 g/mol. The van der Waals surface area contributed by atoms with E-state index < -0.39 is 0 Å². The number of ether oxygens (including phenoxy) is 1. The van der Waals surface area contributed by atoms with E-state index in [1.807, 2.05) is 0 Å². The first-order chi connectivity index (χ1) is 5.30. The van der Waals surface area contributed by atoms with Gasteiger partial charge in [0.2, 0.25) is 0 Å². The molecule has 0 aromatic rings. The van der Waals surface area contributed by atoms with Crippen LogP contribution in [0.1, 0.15) is 41.5 Å². The number of rotatable bonds is 4. The third kappa shape index (κ3) is 2.90. The van der Waals surface area contributed by atoms with Gasteiger partial charge in [-0.2, -0.15) is 0 Å². The molecule has 0 N–H and O–H groups in total. The summed E-state index contributed by atoms with van der Waals surface area (Å²) in [4.78, 5) is 0. The Morgan fingerprint density at radius 2 is 1.25 bits per heavy atom. The minimum Gasteiger partial charge on any atom is -0.376 e. The summed E-state index contributed by atoms with van der Waals surface area (Å²) in [6.45, 7) is 13.3. The smallest absolute Gasteiger partial charge is 0.0533 e. The maximum atomic E-state index is 6.02. The molecule has 0 aliphatic rings. The minimum absolute atomic E-state index is 0.161. The summed E-state index contributed by atoms with van der Waals surface area (Å²) in [6, 6.07) is 0. The van der Waals surface area contributed by atoms with Crippen LogP contribution in [-0.4, -0.2) is 21.6 Å². The van der Waals surface area contributed by atoms with E-state index >= 15 is 0 Å². The van der Waals surface area contributed by atoms with E-state index in [-0.39, 0.29) is 5.22 Å². The summed E-state index contributed by atoms with van der Waals surface area (Å²) in [7, 11) is 1.11. The molecule has 0 fully saturated rings. The highest BCUT2D eigenvalue weighted by Gasteiger charge is 2.33. The average Bonchev–Trinajstić information content (AvgIpc) is 1.84. The van der Waals surface area contributed by atoms with Gasteiger partial charge in [0.1, 0.15) is 0 Å². The standard InChI is InChI=1S/C10H24OSi/c1-7(2)10(12,8(3)4)11-9(5)6/h7-9H,1-6,12H3. The van der Waals surface area contributed by atoms with Crippen LogP contribution < -0.4 is 0 Å². The number of hydrogen-bond donors (Lipinski definition) is 0. The van der Waals surface area contributed by atoms with Gasteiger partial charge in [0.15, 0.2) is 0 Å². The second kappa shape index (κ2) is 4.42. The van der Waals surface area contributed by atoms with Gasteiger partial charge in [-0.1, -0.05) is 27.7 Å². The van der Waals surface area contributed by atoms with Crippen LogP contribution in [-0.2, 0) is 4.74 Å². The molecule has 0 unspecified atom stereocenters.